The smallest absolute Gasteiger partial charge is 0.286 e. The molecule has 4 nitrogen and oxygen atoms in total. The second-order valence-corrected chi connectivity index (χ2v) is 6.15. The maximum Gasteiger partial charge on any atom is 0.286 e. The van der Waals surface area contributed by atoms with Crippen LogP contribution >= 0.6 is 0 Å². The Morgan fingerprint density at radius 2 is 2.04 bits per heavy atom. The van der Waals surface area contributed by atoms with Gasteiger partial charge < -0.3 is 9.73 Å². The van der Waals surface area contributed by atoms with Crippen molar-refractivity contribution in [2.75, 3.05) is 6.54 Å². The largest absolute Gasteiger partial charge is 0.455 e. The van der Waals surface area contributed by atoms with E-state index in [9.17, 15) is 9.18 Å². The number of amides is 1. The Hall–Kier alpha value is -2.14. The number of rotatable bonds is 8. The molecule has 1 aromatic carbocycles. The van der Waals surface area contributed by atoms with Crippen molar-refractivity contribution in [3.63, 3.8) is 0 Å². The highest BCUT2D eigenvalue weighted by atomic mass is 19.1. The quantitative estimate of drug-likeness (QED) is 0.795. The van der Waals surface area contributed by atoms with E-state index in [1.54, 1.807) is 18.2 Å². The zero-order valence-electron chi connectivity index (χ0n) is 14.5. The van der Waals surface area contributed by atoms with Gasteiger partial charge in [0.2, 0.25) is 0 Å². The molecule has 0 spiro atoms. The first-order valence-electron chi connectivity index (χ1n) is 8.35. The number of carbonyl (C=O) groups is 1. The molecule has 1 aromatic heterocycles. The molecule has 0 atom stereocenters. The Morgan fingerprint density at radius 3 is 2.71 bits per heavy atom. The molecule has 130 valence electrons. The lowest BCUT2D eigenvalue weighted by Crippen LogP contribution is -2.29. The molecule has 0 aliphatic carbocycles. The number of benzene rings is 1. The maximum absolute atomic E-state index is 13.4. The summed E-state index contributed by atoms with van der Waals surface area (Å²) in [7, 11) is 0. The average molecular weight is 332 g/mol. The third-order valence-corrected chi connectivity index (χ3v) is 3.78. The highest BCUT2D eigenvalue weighted by Crippen LogP contribution is 2.16. The van der Waals surface area contributed by atoms with Gasteiger partial charge >= 0.3 is 0 Å². The molecule has 0 aliphatic heterocycles. The van der Waals surface area contributed by atoms with E-state index in [2.05, 4.69) is 24.1 Å². The summed E-state index contributed by atoms with van der Waals surface area (Å²) in [5.41, 5.74) is 0.913. The van der Waals surface area contributed by atoms with E-state index in [-0.39, 0.29) is 17.8 Å². The minimum absolute atomic E-state index is 0.190. The van der Waals surface area contributed by atoms with E-state index in [0.29, 0.717) is 25.4 Å². The van der Waals surface area contributed by atoms with E-state index >= 15 is 0 Å². The molecule has 2 aromatic rings. The molecule has 0 unspecified atom stereocenters. The van der Waals surface area contributed by atoms with Crippen LogP contribution in [-0.4, -0.2) is 23.4 Å². The van der Waals surface area contributed by atoms with Gasteiger partial charge in [-0.1, -0.05) is 19.1 Å². The van der Waals surface area contributed by atoms with Gasteiger partial charge in [-0.25, -0.2) is 4.39 Å². The number of carbonyl (C=O) groups excluding carboxylic acids is 1. The van der Waals surface area contributed by atoms with Crippen LogP contribution in [-0.2, 0) is 13.1 Å². The summed E-state index contributed by atoms with van der Waals surface area (Å²) in [5.74, 6) is 0.628. The van der Waals surface area contributed by atoms with E-state index in [0.717, 1.165) is 17.7 Å². The number of hydrogen-bond acceptors (Lipinski definition) is 3. The van der Waals surface area contributed by atoms with Gasteiger partial charge in [-0.05, 0) is 50.1 Å². The SMILES string of the molecule is CCCNC(=O)c1ccc(CN(Cc2cccc(F)c2)C(C)C)o1. The summed E-state index contributed by atoms with van der Waals surface area (Å²) in [6.07, 6.45) is 0.883. The number of hydrogen-bond donors (Lipinski definition) is 1. The molecule has 0 saturated carbocycles. The van der Waals surface area contributed by atoms with E-state index < -0.39 is 0 Å². The molecule has 1 heterocycles. The topological polar surface area (TPSA) is 45.5 Å². The fraction of sp³-hybridized carbons (Fsp3) is 0.421. The Bertz CT molecular complexity index is 667. The monoisotopic (exact) mass is 332 g/mol. The van der Waals surface area contributed by atoms with Crippen LogP contribution in [0.1, 0.15) is 49.1 Å². The molecule has 2 rings (SSSR count). The molecule has 0 radical (unpaired) electrons. The van der Waals surface area contributed by atoms with E-state index in [1.165, 1.54) is 6.07 Å². The van der Waals surface area contributed by atoms with Gasteiger partial charge in [0, 0.05) is 19.1 Å². The summed E-state index contributed by atoms with van der Waals surface area (Å²) >= 11 is 0. The minimum Gasteiger partial charge on any atom is -0.455 e. The lowest BCUT2D eigenvalue weighted by atomic mass is 10.2. The van der Waals surface area contributed by atoms with E-state index in [1.807, 2.05) is 19.1 Å². The third kappa shape index (κ3) is 5.20. The average Bonchev–Trinajstić information content (AvgIpc) is 3.00. The van der Waals surface area contributed by atoms with Crippen LogP contribution < -0.4 is 5.32 Å². The lowest BCUT2D eigenvalue weighted by Gasteiger charge is -2.25. The van der Waals surface area contributed by atoms with Crippen molar-refractivity contribution < 1.29 is 13.6 Å². The van der Waals surface area contributed by atoms with Crippen molar-refractivity contribution in [1.82, 2.24) is 10.2 Å². The molecule has 5 heteroatoms. The van der Waals surface area contributed by atoms with Gasteiger partial charge in [0.1, 0.15) is 11.6 Å². The van der Waals surface area contributed by atoms with Crippen molar-refractivity contribution in [3.05, 3.63) is 59.3 Å². The number of halogens is 1. The molecule has 0 fully saturated rings. The van der Waals surface area contributed by atoms with Crippen molar-refractivity contribution in [2.24, 2.45) is 0 Å². The van der Waals surface area contributed by atoms with Crippen LogP contribution in [0.3, 0.4) is 0 Å². The van der Waals surface area contributed by atoms with Gasteiger partial charge in [0.15, 0.2) is 5.76 Å². The first kappa shape index (κ1) is 18.2. The van der Waals surface area contributed by atoms with Crippen LogP contribution in [0.2, 0.25) is 0 Å². The van der Waals surface area contributed by atoms with Gasteiger partial charge in [-0.15, -0.1) is 0 Å². The van der Waals surface area contributed by atoms with Crippen LogP contribution in [0, 0.1) is 5.82 Å². The summed E-state index contributed by atoms with van der Waals surface area (Å²) < 4.78 is 19.0. The van der Waals surface area contributed by atoms with Crippen molar-refractivity contribution in [2.45, 2.75) is 46.3 Å². The third-order valence-electron chi connectivity index (χ3n) is 3.78. The summed E-state index contributed by atoms with van der Waals surface area (Å²) in [6.45, 7) is 7.98. The van der Waals surface area contributed by atoms with Gasteiger partial charge in [0.25, 0.3) is 5.91 Å². The summed E-state index contributed by atoms with van der Waals surface area (Å²) in [4.78, 5) is 14.1. The second kappa shape index (κ2) is 8.64. The fourth-order valence-corrected chi connectivity index (χ4v) is 2.40. The number of nitrogens with one attached hydrogen (secondary N) is 1. The van der Waals surface area contributed by atoms with Gasteiger partial charge in [-0.2, -0.15) is 0 Å². The predicted octanol–water partition coefficient (Wildman–Crippen LogP) is 3.97. The number of furan rings is 1. The molecule has 1 N–H and O–H groups in total. The Balaban J connectivity index is 2.03. The fourth-order valence-electron chi connectivity index (χ4n) is 2.40. The first-order chi connectivity index (χ1) is 11.5. The molecular formula is C19H25FN2O2. The summed E-state index contributed by atoms with van der Waals surface area (Å²) in [6, 6.07) is 10.4. The Kier molecular flexibility index (Phi) is 6.55. The van der Waals surface area contributed by atoms with Gasteiger partial charge in [0.05, 0.1) is 6.54 Å². The number of nitrogens with zero attached hydrogens (tertiary/aromatic N) is 1. The van der Waals surface area contributed by atoms with Crippen LogP contribution in [0.4, 0.5) is 4.39 Å². The van der Waals surface area contributed by atoms with Crippen LogP contribution in [0.15, 0.2) is 40.8 Å². The van der Waals surface area contributed by atoms with Crippen LogP contribution in [0.25, 0.3) is 0 Å². The highest BCUT2D eigenvalue weighted by molar-refractivity contribution is 5.91. The second-order valence-electron chi connectivity index (χ2n) is 6.15. The maximum atomic E-state index is 13.4. The van der Waals surface area contributed by atoms with Crippen molar-refractivity contribution in [3.8, 4) is 0 Å². The molecule has 0 aliphatic rings. The molecule has 24 heavy (non-hydrogen) atoms. The normalized spacial score (nSPS) is 11.2. The highest BCUT2D eigenvalue weighted by Gasteiger charge is 2.16. The molecular weight excluding hydrogens is 307 g/mol. The zero-order valence-corrected chi connectivity index (χ0v) is 14.5. The zero-order chi connectivity index (χ0) is 17.5. The van der Waals surface area contributed by atoms with Crippen molar-refractivity contribution in [1.29, 1.82) is 0 Å². The van der Waals surface area contributed by atoms with Crippen LogP contribution in [0.5, 0.6) is 0 Å². The van der Waals surface area contributed by atoms with Gasteiger partial charge in [-0.3, -0.25) is 9.69 Å². The molecule has 0 bridgehead atoms. The molecule has 1 amide bonds. The Morgan fingerprint density at radius 1 is 1.25 bits per heavy atom. The minimum atomic E-state index is -0.232. The predicted molar refractivity (Wildman–Crippen MR) is 92.1 cm³/mol. The summed E-state index contributed by atoms with van der Waals surface area (Å²) in [5, 5.41) is 2.80. The van der Waals surface area contributed by atoms with Crippen molar-refractivity contribution >= 4 is 5.91 Å². The Labute approximate surface area is 142 Å². The lowest BCUT2D eigenvalue weighted by molar-refractivity contribution is 0.0920. The first-order valence-corrected chi connectivity index (χ1v) is 8.35. The van der Waals surface area contributed by atoms with E-state index in [4.69, 9.17) is 4.42 Å². The molecule has 0 saturated heterocycles. The standard InChI is InChI=1S/C19H25FN2O2/c1-4-10-21-19(23)18-9-8-17(24-18)13-22(14(2)3)12-15-6-5-7-16(20)11-15/h5-9,11,14H,4,10,12-13H2,1-3H3,(H,21,23).